The van der Waals surface area contributed by atoms with Gasteiger partial charge in [-0.3, -0.25) is 4.79 Å². The van der Waals surface area contributed by atoms with E-state index in [0.717, 1.165) is 5.01 Å². The van der Waals surface area contributed by atoms with Gasteiger partial charge in [0.05, 0.1) is 10.7 Å². The van der Waals surface area contributed by atoms with Gasteiger partial charge in [-0.15, -0.1) is 11.3 Å². The Morgan fingerprint density at radius 3 is 2.25 bits per heavy atom. The van der Waals surface area contributed by atoms with Gasteiger partial charge in [-0.25, -0.2) is 9.78 Å². The van der Waals surface area contributed by atoms with Crippen molar-refractivity contribution in [1.29, 1.82) is 0 Å². The van der Waals surface area contributed by atoms with Crippen molar-refractivity contribution in [2.24, 2.45) is 0 Å². The minimum atomic E-state index is -0.885. The van der Waals surface area contributed by atoms with Crippen molar-refractivity contribution in [2.45, 2.75) is 46.6 Å². The number of anilines is 1. The molecule has 2 rings (SSSR count). The van der Waals surface area contributed by atoms with Crippen molar-refractivity contribution in [2.75, 3.05) is 5.32 Å². The number of amides is 1. The van der Waals surface area contributed by atoms with E-state index in [1.165, 1.54) is 16.9 Å². The molecule has 1 heterocycles. The van der Waals surface area contributed by atoms with Crippen LogP contribution in [-0.2, 0) is 9.53 Å². The van der Waals surface area contributed by atoms with E-state index in [4.69, 9.17) is 4.74 Å². The molecule has 0 aliphatic carbocycles. The highest BCUT2D eigenvalue weighted by atomic mass is 32.1. The zero-order valence-corrected chi connectivity index (χ0v) is 15.4. The van der Waals surface area contributed by atoms with Crippen LogP contribution in [-0.4, -0.2) is 23.0 Å². The summed E-state index contributed by atoms with van der Waals surface area (Å²) in [4.78, 5) is 29.0. The number of aryl methyl sites for hydroxylation is 2. The molecule has 0 aliphatic rings. The normalized spacial score (nSPS) is 12.1. The molecule has 0 fully saturated rings. The molecule has 1 aromatic carbocycles. The van der Waals surface area contributed by atoms with E-state index in [1.54, 1.807) is 13.8 Å². The Labute approximate surface area is 146 Å². The average Bonchev–Trinajstić information content (AvgIpc) is 2.86. The maximum absolute atomic E-state index is 12.2. The van der Waals surface area contributed by atoms with Crippen LogP contribution in [0, 0.1) is 13.8 Å². The Hall–Kier alpha value is -2.21. The van der Waals surface area contributed by atoms with Crippen LogP contribution < -0.4 is 5.32 Å². The first-order chi connectivity index (χ1) is 11.3. The van der Waals surface area contributed by atoms with Crippen molar-refractivity contribution in [3.05, 3.63) is 45.4 Å². The fourth-order valence-corrected chi connectivity index (χ4v) is 2.99. The number of hydrogen-bond donors (Lipinski definition) is 1. The number of aromatic nitrogens is 1. The third-order valence-electron chi connectivity index (χ3n) is 3.59. The number of hydrogen-bond acceptors (Lipinski definition) is 5. The number of carbonyl (C=O) groups excluding carboxylic acids is 2. The number of nitrogens with zero attached hydrogens (tertiary/aromatic N) is 1. The number of benzene rings is 1. The molecule has 128 valence electrons. The quantitative estimate of drug-likeness (QED) is 0.829. The third-order valence-corrected chi connectivity index (χ3v) is 4.64. The molecule has 6 heteroatoms. The molecule has 0 spiro atoms. The van der Waals surface area contributed by atoms with E-state index in [-0.39, 0.29) is 5.91 Å². The molecule has 1 atom stereocenters. The van der Waals surface area contributed by atoms with E-state index in [2.05, 4.69) is 24.1 Å². The second kappa shape index (κ2) is 7.57. The smallest absolute Gasteiger partial charge is 0.351 e. The van der Waals surface area contributed by atoms with Gasteiger partial charge < -0.3 is 10.1 Å². The lowest BCUT2D eigenvalue weighted by Gasteiger charge is -2.14. The maximum atomic E-state index is 12.2. The number of esters is 1. The molecule has 2 aromatic rings. The molecule has 0 bridgehead atoms. The van der Waals surface area contributed by atoms with Crippen LogP contribution in [0.5, 0.6) is 0 Å². The monoisotopic (exact) mass is 346 g/mol. The number of rotatable bonds is 5. The summed E-state index contributed by atoms with van der Waals surface area (Å²) >= 11 is 1.27. The Morgan fingerprint density at radius 1 is 1.12 bits per heavy atom. The van der Waals surface area contributed by atoms with Gasteiger partial charge in [0.25, 0.3) is 5.91 Å². The highest BCUT2D eigenvalue weighted by Gasteiger charge is 2.22. The van der Waals surface area contributed by atoms with Crippen LogP contribution in [0.15, 0.2) is 24.3 Å². The molecule has 0 unspecified atom stereocenters. The second-order valence-corrected chi connectivity index (χ2v) is 7.16. The predicted octanol–water partition coefficient (Wildman–Crippen LogP) is 4.07. The fraction of sp³-hybridized carbons (Fsp3) is 0.389. The number of ether oxygens (including phenoxy) is 1. The second-order valence-electron chi connectivity index (χ2n) is 5.96. The number of thiazole rings is 1. The zero-order chi connectivity index (χ0) is 17.9. The van der Waals surface area contributed by atoms with E-state index in [9.17, 15) is 9.59 Å². The van der Waals surface area contributed by atoms with E-state index < -0.39 is 12.1 Å². The number of nitrogens with one attached hydrogen (secondary N) is 1. The van der Waals surface area contributed by atoms with Crippen molar-refractivity contribution in [3.8, 4) is 0 Å². The van der Waals surface area contributed by atoms with Gasteiger partial charge in [0.2, 0.25) is 0 Å². The van der Waals surface area contributed by atoms with Crippen molar-refractivity contribution < 1.29 is 14.3 Å². The Balaban J connectivity index is 1.96. The average molecular weight is 346 g/mol. The summed E-state index contributed by atoms with van der Waals surface area (Å²) in [5, 5.41) is 3.55. The van der Waals surface area contributed by atoms with E-state index in [0.29, 0.717) is 22.2 Å². The minimum absolute atomic E-state index is 0.362. The largest absolute Gasteiger partial charge is 0.448 e. The van der Waals surface area contributed by atoms with Crippen LogP contribution in [0.4, 0.5) is 5.69 Å². The van der Waals surface area contributed by atoms with Crippen molar-refractivity contribution in [1.82, 2.24) is 4.98 Å². The third kappa shape index (κ3) is 4.41. The molecule has 1 amide bonds. The fourth-order valence-electron chi connectivity index (χ4n) is 2.18. The molecular weight excluding hydrogens is 324 g/mol. The van der Waals surface area contributed by atoms with E-state index in [1.807, 2.05) is 31.2 Å². The first-order valence-electron chi connectivity index (χ1n) is 7.83. The summed E-state index contributed by atoms with van der Waals surface area (Å²) in [6.07, 6.45) is -0.885. The SMILES string of the molecule is Cc1nc(C)c(C(=O)O[C@@H](C)C(=O)Nc2ccc(C(C)C)cc2)s1. The Bertz CT molecular complexity index is 735. The van der Waals surface area contributed by atoms with Gasteiger partial charge >= 0.3 is 5.97 Å². The van der Waals surface area contributed by atoms with Crippen LogP contribution in [0.3, 0.4) is 0 Å². The van der Waals surface area contributed by atoms with Gasteiger partial charge in [0, 0.05) is 5.69 Å². The molecule has 0 radical (unpaired) electrons. The highest BCUT2D eigenvalue weighted by molar-refractivity contribution is 7.13. The van der Waals surface area contributed by atoms with Gasteiger partial charge in [0.15, 0.2) is 6.10 Å². The van der Waals surface area contributed by atoms with Gasteiger partial charge in [-0.05, 0) is 44.4 Å². The molecular formula is C18H22N2O3S. The first kappa shape index (κ1) is 18.1. The molecule has 5 nitrogen and oxygen atoms in total. The molecule has 0 saturated heterocycles. The minimum Gasteiger partial charge on any atom is -0.448 e. The van der Waals surface area contributed by atoms with Gasteiger partial charge in [-0.2, -0.15) is 0 Å². The lowest BCUT2D eigenvalue weighted by Crippen LogP contribution is -2.29. The molecule has 0 aliphatic heterocycles. The lowest BCUT2D eigenvalue weighted by atomic mass is 10.0. The summed E-state index contributed by atoms with van der Waals surface area (Å²) in [7, 11) is 0. The van der Waals surface area contributed by atoms with Crippen LogP contribution in [0.2, 0.25) is 0 Å². The van der Waals surface area contributed by atoms with E-state index >= 15 is 0 Å². The van der Waals surface area contributed by atoms with Gasteiger partial charge in [0.1, 0.15) is 4.88 Å². The topological polar surface area (TPSA) is 68.3 Å². The maximum Gasteiger partial charge on any atom is 0.351 e. The summed E-state index contributed by atoms with van der Waals surface area (Å²) in [5.41, 5.74) is 2.50. The Kier molecular flexibility index (Phi) is 5.72. The van der Waals surface area contributed by atoms with Crippen LogP contribution in [0.1, 0.15) is 52.6 Å². The summed E-state index contributed by atoms with van der Waals surface area (Å²) in [6.45, 7) is 9.35. The van der Waals surface area contributed by atoms with Crippen LogP contribution >= 0.6 is 11.3 Å². The van der Waals surface area contributed by atoms with Crippen molar-refractivity contribution in [3.63, 3.8) is 0 Å². The standard InChI is InChI=1S/C18H22N2O3S/c1-10(2)14-6-8-15(9-7-14)20-17(21)12(4)23-18(22)16-11(3)19-13(5)24-16/h6-10,12H,1-5H3,(H,20,21)/t12-/m0/s1. The highest BCUT2D eigenvalue weighted by Crippen LogP contribution is 2.20. The van der Waals surface area contributed by atoms with Crippen molar-refractivity contribution >= 4 is 28.9 Å². The summed E-state index contributed by atoms with van der Waals surface area (Å²) < 4.78 is 5.25. The summed E-state index contributed by atoms with van der Waals surface area (Å²) in [6, 6.07) is 7.64. The number of carbonyl (C=O) groups is 2. The zero-order valence-electron chi connectivity index (χ0n) is 14.5. The summed E-state index contributed by atoms with van der Waals surface area (Å²) in [5.74, 6) is -0.448. The molecule has 1 N–H and O–H groups in total. The molecule has 1 aromatic heterocycles. The predicted molar refractivity (Wildman–Crippen MR) is 95.6 cm³/mol. The molecule has 24 heavy (non-hydrogen) atoms. The first-order valence-corrected chi connectivity index (χ1v) is 8.65. The van der Waals surface area contributed by atoms with Gasteiger partial charge in [-0.1, -0.05) is 26.0 Å². The molecule has 0 saturated carbocycles. The lowest BCUT2D eigenvalue weighted by molar-refractivity contribution is -0.123. The Morgan fingerprint density at radius 2 is 1.75 bits per heavy atom. The van der Waals surface area contributed by atoms with Crippen LogP contribution in [0.25, 0.3) is 0 Å².